The zero-order valence-electron chi connectivity index (χ0n) is 11.8. The quantitative estimate of drug-likeness (QED) is 0.895. The van der Waals surface area contributed by atoms with Crippen molar-refractivity contribution in [1.82, 2.24) is 15.1 Å². The Bertz CT molecular complexity index is 661. The zero-order valence-corrected chi connectivity index (χ0v) is 13.4. The van der Waals surface area contributed by atoms with Crippen LogP contribution < -0.4 is 10.6 Å². The van der Waals surface area contributed by atoms with Crippen LogP contribution in [-0.4, -0.2) is 28.8 Å². The molecule has 2 N–H and O–H groups in total. The Morgan fingerprint density at radius 3 is 3.05 bits per heavy atom. The molecule has 1 aliphatic heterocycles. The Morgan fingerprint density at radius 1 is 1.48 bits per heavy atom. The normalized spacial score (nSPS) is 17.9. The van der Waals surface area contributed by atoms with Crippen molar-refractivity contribution in [1.29, 1.82) is 0 Å². The maximum atomic E-state index is 12.3. The van der Waals surface area contributed by atoms with E-state index in [1.165, 1.54) is 0 Å². The fourth-order valence-corrected chi connectivity index (χ4v) is 2.89. The lowest BCUT2D eigenvalue weighted by Gasteiger charge is -2.12. The summed E-state index contributed by atoms with van der Waals surface area (Å²) in [4.78, 5) is 12.3. The molecule has 0 radical (unpaired) electrons. The second-order valence-electron chi connectivity index (χ2n) is 5.24. The van der Waals surface area contributed by atoms with Crippen LogP contribution in [0.2, 0.25) is 0 Å². The molecular formula is C15H17BrN4O. The lowest BCUT2D eigenvalue weighted by molar-refractivity contribution is -0.119. The number of rotatable bonds is 3. The van der Waals surface area contributed by atoms with E-state index in [1.54, 1.807) is 4.68 Å². The van der Waals surface area contributed by atoms with Gasteiger partial charge >= 0.3 is 0 Å². The number of anilines is 1. The summed E-state index contributed by atoms with van der Waals surface area (Å²) in [6, 6.07) is 9.73. The minimum atomic E-state index is 0.0381. The first-order chi connectivity index (χ1) is 10.1. The van der Waals surface area contributed by atoms with Crippen molar-refractivity contribution < 1.29 is 4.79 Å². The van der Waals surface area contributed by atoms with Crippen LogP contribution in [0, 0.1) is 12.8 Å². The molecule has 1 fully saturated rings. The summed E-state index contributed by atoms with van der Waals surface area (Å²) in [6.07, 6.45) is 0.885. The Kier molecular flexibility index (Phi) is 4.07. The average Bonchev–Trinajstić information content (AvgIpc) is 3.08. The number of benzene rings is 1. The van der Waals surface area contributed by atoms with E-state index < -0.39 is 0 Å². The van der Waals surface area contributed by atoms with Gasteiger partial charge in [-0.1, -0.05) is 22.0 Å². The van der Waals surface area contributed by atoms with E-state index in [0.29, 0.717) is 5.82 Å². The van der Waals surface area contributed by atoms with Crippen molar-refractivity contribution in [2.75, 3.05) is 18.4 Å². The standard InChI is InChI=1S/C15H17BrN4O/c1-10-7-14(18-15(21)11-5-6-17-9-11)20(19-10)13-4-2-3-12(16)8-13/h2-4,7-8,11,17H,5-6,9H2,1H3,(H,18,21). The van der Waals surface area contributed by atoms with E-state index in [9.17, 15) is 4.79 Å². The summed E-state index contributed by atoms with van der Waals surface area (Å²) in [6.45, 7) is 3.57. The first kappa shape index (κ1) is 14.3. The van der Waals surface area contributed by atoms with Gasteiger partial charge in [0.2, 0.25) is 5.91 Å². The molecule has 6 heteroatoms. The predicted octanol–water partition coefficient (Wildman–Crippen LogP) is 2.49. The van der Waals surface area contributed by atoms with E-state index in [2.05, 4.69) is 31.7 Å². The third-order valence-corrected chi connectivity index (χ3v) is 4.06. The molecule has 2 heterocycles. The van der Waals surface area contributed by atoms with Crippen molar-refractivity contribution in [3.05, 3.63) is 40.5 Å². The molecule has 5 nitrogen and oxygen atoms in total. The monoisotopic (exact) mass is 348 g/mol. The molecule has 110 valence electrons. The largest absolute Gasteiger partial charge is 0.316 e. The number of aromatic nitrogens is 2. The number of halogens is 1. The summed E-state index contributed by atoms with van der Waals surface area (Å²) >= 11 is 3.46. The second kappa shape index (κ2) is 5.99. The van der Waals surface area contributed by atoms with Crippen molar-refractivity contribution in [3.8, 4) is 5.69 Å². The van der Waals surface area contributed by atoms with Gasteiger partial charge in [-0.15, -0.1) is 0 Å². The maximum absolute atomic E-state index is 12.3. The molecule has 1 unspecified atom stereocenters. The number of aryl methyl sites for hydroxylation is 1. The fourth-order valence-electron chi connectivity index (χ4n) is 2.50. The highest BCUT2D eigenvalue weighted by Gasteiger charge is 2.23. The Hall–Kier alpha value is -1.66. The summed E-state index contributed by atoms with van der Waals surface area (Å²) in [5.41, 5.74) is 1.78. The first-order valence-electron chi connectivity index (χ1n) is 6.97. The molecule has 21 heavy (non-hydrogen) atoms. The molecule has 0 spiro atoms. The van der Waals surface area contributed by atoms with Gasteiger partial charge in [0.05, 0.1) is 17.3 Å². The van der Waals surface area contributed by atoms with Gasteiger partial charge in [-0.3, -0.25) is 4.79 Å². The summed E-state index contributed by atoms with van der Waals surface area (Å²) < 4.78 is 2.74. The maximum Gasteiger partial charge on any atom is 0.229 e. The van der Waals surface area contributed by atoms with Crippen molar-refractivity contribution >= 4 is 27.7 Å². The van der Waals surface area contributed by atoms with Crippen LogP contribution in [-0.2, 0) is 4.79 Å². The van der Waals surface area contributed by atoms with E-state index >= 15 is 0 Å². The number of amides is 1. The van der Waals surface area contributed by atoms with Gasteiger partial charge in [-0.05, 0) is 38.1 Å². The predicted molar refractivity (Wildman–Crippen MR) is 85.6 cm³/mol. The third kappa shape index (κ3) is 3.16. The van der Waals surface area contributed by atoms with Crippen LogP contribution in [0.25, 0.3) is 5.69 Å². The van der Waals surface area contributed by atoms with Crippen molar-refractivity contribution in [2.24, 2.45) is 5.92 Å². The summed E-state index contributed by atoms with van der Waals surface area (Å²) in [5, 5.41) is 10.7. The Morgan fingerprint density at radius 2 is 2.33 bits per heavy atom. The molecule has 1 amide bonds. The number of nitrogens with zero attached hydrogens (tertiary/aromatic N) is 2. The number of carbonyl (C=O) groups excluding carboxylic acids is 1. The molecular weight excluding hydrogens is 332 g/mol. The summed E-state index contributed by atoms with van der Waals surface area (Å²) in [7, 11) is 0. The van der Waals surface area contributed by atoms with Gasteiger partial charge in [-0.2, -0.15) is 5.10 Å². The third-order valence-electron chi connectivity index (χ3n) is 3.57. The van der Waals surface area contributed by atoms with Crippen molar-refractivity contribution in [3.63, 3.8) is 0 Å². The minimum Gasteiger partial charge on any atom is -0.316 e. The molecule has 3 rings (SSSR count). The molecule has 1 atom stereocenters. The van der Waals surface area contributed by atoms with E-state index in [4.69, 9.17) is 0 Å². The fraction of sp³-hybridized carbons (Fsp3) is 0.333. The molecule has 2 aromatic rings. The Balaban J connectivity index is 1.87. The van der Waals surface area contributed by atoms with Gasteiger partial charge < -0.3 is 10.6 Å². The van der Waals surface area contributed by atoms with Crippen molar-refractivity contribution in [2.45, 2.75) is 13.3 Å². The highest BCUT2D eigenvalue weighted by Crippen LogP contribution is 2.21. The van der Waals surface area contributed by atoms with Crippen LogP contribution >= 0.6 is 15.9 Å². The molecule has 1 aromatic carbocycles. The number of hydrogen-bond donors (Lipinski definition) is 2. The van der Waals surface area contributed by atoms with Gasteiger partial charge in [0.1, 0.15) is 5.82 Å². The zero-order chi connectivity index (χ0) is 14.8. The molecule has 0 aliphatic carbocycles. The van der Waals surface area contributed by atoms with Gasteiger partial charge in [-0.25, -0.2) is 4.68 Å². The van der Waals surface area contributed by atoms with E-state index in [-0.39, 0.29) is 11.8 Å². The highest BCUT2D eigenvalue weighted by molar-refractivity contribution is 9.10. The lowest BCUT2D eigenvalue weighted by Crippen LogP contribution is -2.25. The smallest absolute Gasteiger partial charge is 0.229 e. The topological polar surface area (TPSA) is 59.0 Å². The van der Waals surface area contributed by atoms with Crippen LogP contribution in [0.5, 0.6) is 0 Å². The molecule has 0 saturated carbocycles. The number of hydrogen-bond acceptors (Lipinski definition) is 3. The van der Waals surface area contributed by atoms with Crippen LogP contribution in [0.4, 0.5) is 5.82 Å². The van der Waals surface area contributed by atoms with Gasteiger partial charge in [0.15, 0.2) is 0 Å². The summed E-state index contributed by atoms with van der Waals surface area (Å²) in [5.74, 6) is 0.801. The van der Waals surface area contributed by atoms with E-state index in [0.717, 1.165) is 35.4 Å². The Labute approximate surface area is 131 Å². The minimum absolute atomic E-state index is 0.0381. The highest BCUT2D eigenvalue weighted by atomic mass is 79.9. The van der Waals surface area contributed by atoms with Crippen LogP contribution in [0.15, 0.2) is 34.8 Å². The van der Waals surface area contributed by atoms with Gasteiger partial charge in [0.25, 0.3) is 0 Å². The first-order valence-corrected chi connectivity index (χ1v) is 7.77. The lowest BCUT2D eigenvalue weighted by atomic mass is 10.1. The molecule has 0 bridgehead atoms. The average molecular weight is 349 g/mol. The van der Waals surface area contributed by atoms with Crippen LogP contribution in [0.1, 0.15) is 12.1 Å². The molecule has 1 aromatic heterocycles. The number of nitrogens with one attached hydrogen (secondary N) is 2. The van der Waals surface area contributed by atoms with Gasteiger partial charge in [0, 0.05) is 17.1 Å². The van der Waals surface area contributed by atoms with Crippen LogP contribution in [0.3, 0.4) is 0 Å². The van der Waals surface area contributed by atoms with E-state index in [1.807, 2.05) is 37.3 Å². The molecule has 1 saturated heterocycles. The SMILES string of the molecule is Cc1cc(NC(=O)C2CCNC2)n(-c2cccc(Br)c2)n1. The molecule has 1 aliphatic rings. The second-order valence-corrected chi connectivity index (χ2v) is 6.16. The number of carbonyl (C=O) groups is 1.